The maximum atomic E-state index is 13.1. The minimum absolute atomic E-state index is 0.0109. The number of imidazole rings is 1. The van der Waals surface area contributed by atoms with Crippen LogP contribution in [0.1, 0.15) is 33.7 Å². The summed E-state index contributed by atoms with van der Waals surface area (Å²) in [4.78, 5) is 21.2. The molecule has 10 heteroatoms. The molecule has 1 aromatic heterocycles. The molecule has 0 amide bonds. The van der Waals surface area contributed by atoms with Gasteiger partial charge in [0.25, 0.3) is 0 Å². The van der Waals surface area contributed by atoms with E-state index in [0.717, 1.165) is 5.56 Å². The van der Waals surface area contributed by atoms with Crippen molar-refractivity contribution in [1.82, 2.24) is 9.55 Å². The van der Waals surface area contributed by atoms with Gasteiger partial charge in [-0.1, -0.05) is 66.2 Å². The first kappa shape index (κ1) is 26.8. The first-order valence-electron chi connectivity index (χ1n) is 11.5. The third-order valence-electron chi connectivity index (χ3n) is 5.58. The zero-order chi connectivity index (χ0) is 27.1. The fourth-order valence-electron chi connectivity index (χ4n) is 3.58. The second kappa shape index (κ2) is 11.9. The molecule has 0 radical (unpaired) electrons. The Bertz CT molecular complexity index is 1450. The summed E-state index contributed by atoms with van der Waals surface area (Å²) in [6.07, 6.45) is -2.14. The second-order valence-corrected chi connectivity index (χ2v) is 8.68. The number of nitrogens with one attached hydrogen (secondary N) is 1. The number of nitrogens with zero attached hydrogens (tertiary/aromatic N) is 3. The smallest absolute Gasteiger partial charge is 0.429 e. The number of hydrogen-bond acceptors (Lipinski definition) is 5. The van der Waals surface area contributed by atoms with Gasteiger partial charge in [0.15, 0.2) is 0 Å². The number of alkyl halides is 3. The van der Waals surface area contributed by atoms with Crippen LogP contribution < -0.4 is 0 Å². The molecule has 0 aliphatic heterocycles. The van der Waals surface area contributed by atoms with Crippen molar-refractivity contribution < 1.29 is 22.7 Å². The Labute approximate surface area is 221 Å². The number of aliphatic imine (C=N–C) groups is 1. The van der Waals surface area contributed by atoms with Gasteiger partial charge in [0, 0.05) is 25.4 Å². The van der Waals surface area contributed by atoms with Crippen LogP contribution in [0.3, 0.4) is 0 Å². The first-order chi connectivity index (χ1) is 18.2. The van der Waals surface area contributed by atoms with Crippen LogP contribution in [0.15, 0.2) is 96.2 Å². The summed E-state index contributed by atoms with van der Waals surface area (Å²) in [7, 11) is 0. The van der Waals surface area contributed by atoms with Crippen LogP contribution in [-0.2, 0) is 17.9 Å². The van der Waals surface area contributed by atoms with Crippen molar-refractivity contribution in [1.29, 1.82) is 5.41 Å². The molecular weight excluding hydrogens is 517 g/mol. The third-order valence-corrected chi connectivity index (χ3v) is 5.90. The molecule has 0 aliphatic rings. The number of halogens is 4. The molecule has 3 aromatic carbocycles. The fourth-order valence-corrected chi connectivity index (χ4v) is 3.76. The Balaban J connectivity index is 1.48. The summed E-state index contributed by atoms with van der Waals surface area (Å²) in [5, 5.41) is 7.70. The lowest BCUT2D eigenvalue weighted by Crippen LogP contribution is -2.25. The number of carbonyl (C=O) groups is 1. The summed E-state index contributed by atoms with van der Waals surface area (Å²) in [5.41, 5.74) is 0.406. The standard InChI is InChI=1S/C28H22ClF3N4O2/c29-22-8-4-5-9-23(22)35-24(16-25(33)28(30,31)32)20-10-12-21(13-11-20)27(37)38-18-26-34-14-15-36(26)17-19-6-2-1-3-7-19/h1-15,33H,16-18H2. The highest BCUT2D eigenvalue weighted by Crippen LogP contribution is 2.27. The molecular formula is C28H22ClF3N4O2. The van der Waals surface area contributed by atoms with Gasteiger partial charge in [-0.25, -0.2) is 9.78 Å². The van der Waals surface area contributed by atoms with Gasteiger partial charge in [-0.3, -0.25) is 4.99 Å². The van der Waals surface area contributed by atoms with Gasteiger partial charge in [0.2, 0.25) is 0 Å². The van der Waals surface area contributed by atoms with Crippen LogP contribution in [0.4, 0.5) is 18.9 Å². The van der Waals surface area contributed by atoms with Crippen LogP contribution in [-0.4, -0.2) is 33.1 Å². The third kappa shape index (κ3) is 6.95. The van der Waals surface area contributed by atoms with Gasteiger partial charge in [-0.05, 0) is 35.4 Å². The molecule has 0 spiro atoms. The summed E-state index contributed by atoms with van der Waals surface area (Å²) in [5.74, 6) is -0.0444. The van der Waals surface area contributed by atoms with E-state index in [2.05, 4.69) is 9.98 Å². The normalized spacial score (nSPS) is 11.8. The second-order valence-electron chi connectivity index (χ2n) is 8.27. The average molecular weight is 539 g/mol. The first-order valence-corrected chi connectivity index (χ1v) is 11.9. The zero-order valence-corrected chi connectivity index (χ0v) is 20.7. The van der Waals surface area contributed by atoms with Crippen molar-refractivity contribution in [3.8, 4) is 0 Å². The van der Waals surface area contributed by atoms with Crippen molar-refractivity contribution >= 4 is 34.7 Å². The van der Waals surface area contributed by atoms with Crippen LogP contribution in [0, 0.1) is 5.41 Å². The molecule has 0 atom stereocenters. The molecule has 0 saturated carbocycles. The van der Waals surface area contributed by atoms with Crippen molar-refractivity contribution in [3.05, 3.63) is 119 Å². The van der Waals surface area contributed by atoms with E-state index in [1.165, 1.54) is 24.3 Å². The minimum Gasteiger partial charge on any atom is -0.454 e. The molecule has 194 valence electrons. The highest BCUT2D eigenvalue weighted by Gasteiger charge is 2.35. The fraction of sp³-hybridized carbons (Fsp3) is 0.143. The predicted molar refractivity (Wildman–Crippen MR) is 139 cm³/mol. The van der Waals surface area contributed by atoms with E-state index in [4.69, 9.17) is 21.7 Å². The van der Waals surface area contributed by atoms with Gasteiger partial charge < -0.3 is 14.7 Å². The molecule has 0 bridgehead atoms. The predicted octanol–water partition coefficient (Wildman–Crippen LogP) is 7.03. The molecule has 0 unspecified atom stereocenters. The SMILES string of the molecule is N=C(CC(=Nc1ccccc1Cl)c1ccc(C(=O)OCc2nccn2Cc2ccccc2)cc1)C(F)(F)F. The average Bonchev–Trinajstić information content (AvgIpc) is 3.35. The van der Waals surface area contributed by atoms with E-state index in [-0.39, 0.29) is 28.6 Å². The largest absolute Gasteiger partial charge is 0.454 e. The molecule has 0 aliphatic carbocycles. The summed E-state index contributed by atoms with van der Waals surface area (Å²) in [6.45, 7) is 0.519. The Morgan fingerprint density at radius 2 is 1.63 bits per heavy atom. The monoisotopic (exact) mass is 538 g/mol. The molecule has 0 saturated heterocycles. The van der Waals surface area contributed by atoms with Crippen LogP contribution in [0.25, 0.3) is 0 Å². The number of para-hydroxylation sites is 1. The maximum Gasteiger partial charge on any atom is 0.429 e. The van der Waals surface area contributed by atoms with Crippen molar-refractivity contribution in [2.24, 2.45) is 4.99 Å². The highest BCUT2D eigenvalue weighted by atomic mass is 35.5. The zero-order valence-electron chi connectivity index (χ0n) is 20.0. The van der Waals surface area contributed by atoms with Crippen LogP contribution in [0.5, 0.6) is 0 Å². The van der Waals surface area contributed by atoms with Crippen molar-refractivity contribution in [2.75, 3.05) is 0 Å². The van der Waals surface area contributed by atoms with E-state index < -0.39 is 24.3 Å². The maximum absolute atomic E-state index is 13.1. The topological polar surface area (TPSA) is 80.3 Å². The van der Waals surface area contributed by atoms with E-state index in [1.54, 1.807) is 36.7 Å². The lowest BCUT2D eigenvalue weighted by Gasteiger charge is -2.12. The Morgan fingerprint density at radius 1 is 0.974 bits per heavy atom. The number of aromatic nitrogens is 2. The minimum atomic E-state index is -4.79. The Kier molecular flexibility index (Phi) is 8.38. The van der Waals surface area contributed by atoms with Crippen LogP contribution in [0.2, 0.25) is 5.02 Å². The van der Waals surface area contributed by atoms with Gasteiger partial charge in [0.1, 0.15) is 18.1 Å². The quantitative estimate of drug-likeness (QED) is 0.183. The lowest BCUT2D eigenvalue weighted by atomic mass is 10.0. The van der Waals surface area contributed by atoms with E-state index in [0.29, 0.717) is 17.9 Å². The molecule has 1 N–H and O–H groups in total. The van der Waals surface area contributed by atoms with Gasteiger partial charge >= 0.3 is 12.1 Å². The van der Waals surface area contributed by atoms with Crippen molar-refractivity contribution in [3.63, 3.8) is 0 Å². The summed E-state index contributed by atoms with van der Waals surface area (Å²) < 4.78 is 46.6. The highest BCUT2D eigenvalue weighted by molar-refractivity contribution is 6.33. The molecule has 38 heavy (non-hydrogen) atoms. The number of esters is 1. The molecule has 1 heterocycles. The van der Waals surface area contributed by atoms with E-state index in [1.807, 2.05) is 34.9 Å². The van der Waals surface area contributed by atoms with E-state index in [9.17, 15) is 18.0 Å². The Morgan fingerprint density at radius 3 is 2.32 bits per heavy atom. The lowest BCUT2D eigenvalue weighted by molar-refractivity contribution is -0.0605. The number of rotatable bonds is 9. The number of benzene rings is 3. The summed E-state index contributed by atoms with van der Waals surface area (Å²) >= 11 is 6.13. The molecule has 6 nitrogen and oxygen atoms in total. The number of ether oxygens (including phenoxy) is 1. The molecule has 0 fully saturated rings. The van der Waals surface area contributed by atoms with Crippen molar-refractivity contribution in [2.45, 2.75) is 25.7 Å². The molecule has 4 aromatic rings. The van der Waals surface area contributed by atoms with Gasteiger partial charge in [-0.2, -0.15) is 13.2 Å². The van der Waals surface area contributed by atoms with E-state index >= 15 is 0 Å². The number of hydrogen-bond donors (Lipinski definition) is 1. The summed E-state index contributed by atoms with van der Waals surface area (Å²) in [6, 6.07) is 22.0. The Hall–Kier alpha value is -4.24. The number of carbonyl (C=O) groups excluding carboxylic acids is 1. The molecule has 4 rings (SSSR count). The van der Waals surface area contributed by atoms with Gasteiger partial charge in [-0.15, -0.1) is 0 Å². The van der Waals surface area contributed by atoms with Crippen LogP contribution >= 0.6 is 11.6 Å². The van der Waals surface area contributed by atoms with Gasteiger partial charge in [0.05, 0.1) is 22.0 Å².